The van der Waals surface area contributed by atoms with Crippen molar-refractivity contribution in [3.8, 4) is 0 Å². The minimum atomic E-state index is -0.602. The molecule has 0 unspecified atom stereocenters. The predicted octanol–water partition coefficient (Wildman–Crippen LogP) is 0.180. The second kappa shape index (κ2) is 7.22. The van der Waals surface area contributed by atoms with Crippen molar-refractivity contribution in [1.82, 2.24) is 10.6 Å². The molecule has 5 nitrogen and oxygen atoms in total. The Hall–Kier alpha value is -1.10. The maximum Gasteiger partial charge on any atom is 0.309 e. The predicted molar refractivity (Wildman–Crippen MR) is 61.8 cm³/mol. The number of rotatable bonds is 5. The molecule has 0 aliphatic rings. The molecule has 2 amide bonds. The largest absolute Gasteiger partial charge is 0.396 e. The molecule has 0 saturated heterocycles. The zero-order valence-corrected chi connectivity index (χ0v) is 10.3. The number of unbranched alkanes of at least 4 members (excludes halogenated alkanes) is 2. The Labute approximate surface area is 96.6 Å². The summed E-state index contributed by atoms with van der Waals surface area (Å²) in [6.45, 7) is 6.09. The van der Waals surface area contributed by atoms with E-state index in [0.29, 0.717) is 6.54 Å². The van der Waals surface area contributed by atoms with Crippen LogP contribution in [-0.4, -0.2) is 35.6 Å². The van der Waals surface area contributed by atoms with Crippen LogP contribution in [0.3, 0.4) is 0 Å². The Morgan fingerprint density at radius 3 is 2.19 bits per heavy atom. The zero-order chi connectivity index (χ0) is 12.6. The lowest BCUT2D eigenvalue weighted by Gasteiger charge is -2.19. The van der Waals surface area contributed by atoms with Crippen LogP contribution in [0.15, 0.2) is 0 Å². The number of nitrogens with one attached hydrogen (secondary N) is 2. The van der Waals surface area contributed by atoms with Crippen molar-refractivity contribution >= 4 is 11.8 Å². The first kappa shape index (κ1) is 14.9. The lowest BCUT2D eigenvalue weighted by atomic mass is 10.1. The summed E-state index contributed by atoms with van der Waals surface area (Å²) in [6, 6.07) is 0. The molecule has 0 bridgehead atoms. The van der Waals surface area contributed by atoms with Crippen molar-refractivity contribution in [3.05, 3.63) is 0 Å². The number of hydrogen-bond acceptors (Lipinski definition) is 3. The summed E-state index contributed by atoms with van der Waals surface area (Å²) in [5.41, 5.74) is -0.398. The third kappa shape index (κ3) is 8.23. The van der Waals surface area contributed by atoms with E-state index in [4.69, 9.17) is 5.11 Å². The topological polar surface area (TPSA) is 78.4 Å². The van der Waals surface area contributed by atoms with Gasteiger partial charge < -0.3 is 15.7 Å². The summed E-state index contributed by atoms with van der Waals surface area (Å²) in [5.74, 6) is -1.20. The van der Waals surface area contributed by atoms with Gasteiger partial charge in [0.2, 0.25) is 0 Å². The lowest BCUT2D eigenvalue weighted by Crippen LogP contribution is -2.48. The molecule has 0 aliphatic carbocycles. The molecular formula is C11H22N2O3. The second-order valence-corrected chi connectivity index (χ2v) is 4.74. The molecule has 5 heteroatoms. The average Bonchev–Trinajstić information content (AvgIpc) is 2.14. The summed E-state index contributed by atoms with van der Waals surface area (Å²) in [7, 11) is 0. The van der Waals surface area contributed by atoms with E-state index in [2.05, 4.69) is 10.6 Å². The van der Waals surface area contributed by atoms with Gasteiger partial charge in [0.15, 0.2) is 0 Å². The van der Waals surface area contributed by atoms with Gasteiger partial charge in [-0.1, -0.05) is 0 Å². The van der Waals surface area contributed by atoms with Crippen LogP contribution in [0.4, 0.5) is 0 Å². The van der Waals surface area contributed by atoms with Gasteiger partial charge in [-0.2, -0.15) is 0 Å². The molecule has 0 spiro atoms. The third-order valence-corrected chi connectivity index (χ3v) is 1.82. The normalized spacial score (nSPS) is 11.0. The van der Waals surface area contributed by atoms with Crippen LogP contribution in [0.25, 0.3) is 0 Å². The number of carbonyl (C=O) groups excluding carboxylic acids is 2. The molecule has 0 aliphatic heterocycles. The minimum Gasteiger partial charge on any atom is -0.396 e. The van der Waals surface area contributed by atoms with Crippen molar-refractivity contribution in [1.29, 1.82) is 0 Å². The number of amides is 2. The standard InChI is InChI=1S/C11H22N2O3/c1-11(2,3)13-10(16)9(15)12-7-5-4-6-8-14/h14H,4-8H2,1-3H3,(H,12,15)(H,13,16). The molecule has 0 saturated carbocycles. The molecule has 0 atom stereocenters. The van der Waals surface area contributed by atoms with Crippen LogP contribution < -0.4 is 10.6 Å². The first-order valence-corrected chi connectivity index (χ1v) is 5.58. The zero-order valence-electron chi connectivity index (χ0n) is 10.3. The van der Waals surface area contributed by atoms with Gasteiger partial charge in [0, 0.05) is 18.7 Å². The summed E-state index contributed by atoms with van der Waals surface area (Å²) < 4.78 is 0. The van der Waals surface area contributed by atoms with Gasteiger partial charge in [0.05, 0.1) is 0 Å². The van der Waals surface area contributed by atoms with Gasteiger partial charge >= 0.3 is 11.8 Å². The summed E-state index contributed by atoms with van der Waals surface area (Å²) >= 11 is 0. The van der Waals surface area contributed by atoms with E-state index in [1.165, 1.54) is 0 Å². The fraction of sp³-hybridized carbons (Fsp3) is 0.818. The van der Waals surface area contributed by atoms with E-state index < -0.39 is 17.4 Å². The van der Waals surface area contributed by atoms with Gasteiger partial charge in [0.25, 0.3) is 0 Å². The maximum absolute atomic E-state index is 11.3. The van der Waals surface area contributed by atoms with Gasteiger partial charge in [-0.3, -0.25) is 9.59 Å². The summed E-state index contributed by atoms with van der Waals surface area (Å²) in [6.07, 6.45) is 2.34. The molecule has 16 heavy (non-hydrogen) atoms. The molecule has 0 rings (SSSR count). The summed E-state index contributed by atoms with van der Waals surface area (Å²) in [5, 5.41) is 13.7. The molecule has 94 valence electrons. The lowest BCUT2D eigenvalue weighted by molar-refractivity contribution is -0.140. The van der Waals surface area contributed by atoms with Crippen molar-refractivity contribution in [2.24, 2.45) is 0 Å². The van der Waals surface area contributed by atoms with Gasteiger partial charge in [-0.25, -0.2) is 0 Å². The van der Waals surface area contributed by atoms with Crippen LogP contribution >= 0.6 is 0 Å². The Bertz CT molecular complexity index is 234. The Kier molecular flexibility index (Phi) is 6.72. The summed E-state index contributed by atoms with van der Waals surface area (Å²) in [4.78, 5) is 22.6. The fourth-order valence-corrected chi connectivity index (χ4v) is 1.09. The second-order valence-electron chi connectivity index (χ2n) is 4.74. The van der Waals surface area contributed by atoms with Crippen LogP contribution in [0.1, 0.15) is 40.0 Å². The highest BCUT2D eigenvalue weighted by Crippen LogP contribution is 1.97. The Morgan fingerprint density at radius 2 is 1.69 bits per heavy atom. The van der Waals surface area contributed by atoms with Crippen molar-refractivity contribution in [2.75, 3.05) is 13.2 Å². The third-order valence-electron chi connectivity index (χ3n) is 1.82. The average molecular weight is 230 g/mol. The van der Waals surface area contributed by atoms with Gasteiger partial charge in [-0.15, -0.1) is 0 Å². The first-order valence-electron chi connectivity index (χ1n) is 5.58. The van der Waals surface area contributed by atoms with E-state index in [9.17, 15) is 9.59 Å². The molecule has 0 aromatic rings. The molecule has 0 aromatic heterocycles. The van der Waals surface area contributed by atoms with Crippen molar-refractivity contribution in [3.63, 3.8) is 0 Å². The van der Waals surface area contributed by atoms with Crippen LogP contribution in [0, 0.1) is 0 Å². The number of carbonyl (C=O) groups is 2. The van der Waals surface area contributed by atoms with Crippen LogP contribution in [-0.2, 0) is 9.59 Å². The SMILES string of the molecule is CC(C)(C)NC(=O)C(=O)NCCCCCO. The number of hydrogen-bond donors (Lipinski definition) is 3. The van der Waals surface area contributed by atoms with E-state index in [-0.39, 0.29) is 6.61 Å². The van der Waals surface area contributed by atoms with Crippen molar-refractivity contribution < 1.29 is 14.7 Å². The molecule has 3 N–H and O–H groups in total. The molecule has 0 radical (unpaired) electrons. The monoisotopic (exact) mass is 230 g/mol. The maximum atomic E-state index is 11.3. The minimum absolute atomic E-state index is 0.165. The Morgan fingerprint density at radius 1 is 1.06 bits per heavy atom. The van der Waals surface area contributed by atoms with E-state index in [0.717, 1.165) is 19.3 Å². The highest BCUT2D eigenvalue weighted by Gasteiger charge is 2.19. The van der Waals surface area contributed by atoms with Gasteiger partial charge in [-0.05, 0) is 40.0 Å². The molecule has 0 heterocycles. The van der Waals surface area contributed by atoms with E-state index >= 15 is 0 Å². The van der Waals surface area contributed by atoms with Gasteiger partial charge in [0.1, 0.15) is 0 Å². The number of aliphatic hydroxyl groups excluding tert-OH is 1. The van der Waals surface area contributed by atoms with Crippen molar-refractivity contribution in [2.45, 2.75) is 45.6 Å². The van der Waals surface area contributed by atoms with E-state index in [1.807, 2.05) is 20.8 Å². The van der Waals surface area contributed by atoms with Crippen LogP contribution in [0.2, 0.25) is 0 Å². The van der Waals surface area contributed by atoms with E-state index in [1.54, 1.807) is 0 Å². The highest BCUT2D eigenvalue weighted by molar-refractivity contribution is 6.35. The number of aliphatic hydroxyl groups is 1. The van der Waals surface area contributed by atoms with Crippen LogP contribution in [0.5, 0.6) is 0 Å². The quantitative estimate of drug-likeness (QED) is 0.465. The first-order chi connectivity index (χ1) is 7.37. The molecule has 0 aromatic carbocycles. The fourth-order valence-electron chi connectivity index (χ4n) is 1.09. The molecule has 0 fully saturated rings. The Balaban J connectivity index is 3.68. The smallest absolute Gasteiger partial charge is 0.309 e. The molecular weight excluding hydrogens is 208 g/mol. The highest BCUT2D eigenvalue weighted by atomic mass is 16.3.